The number of ether oxygens (including phenoxy) is 2. The van der Waals surface area contributed by atoms with Gasteiger partial charge < -0.3 is 14.8 Å². The van der Waals surface area contributed by atoms with E-state index in [1.54, 1.807) is 12.1 Å². The molecule has 1 N–H and O–H groups in total. The van der Waals surface area contributed by atoms with Crippen LogP contribution in [0.2, 0.25) is 5.02 Å². The molecule has 12 heteroatoms. The average Bonchev–Trinajstić information content (AvgIpc) is 2.89. The quantitative estimate of drug-likeness (QED) is 0.315. The molecule has 0 fully saturated rings. The molecule has 0 aliphatic rings. The molecule has 0 aliphatic carbocycles. The Hall–Kier alpha value is -3.44. The molecule has 204 valence electrons. The van der Waals surface area contributed by atoms with Crippen molar-refractivity contribution in [2.45, 2.75) is 23.9 Å². The van der Waals surface area contributed by atoms with Gasteiger partial charge in [-0.05, 0) is 60.9 Å². The SMILES string of the molecule is COc1ccc(CCCNC(=O)CN(c2cc(C(F)(F)F)ccc2Cl)S(=O)(=O)c2ccccc2)cc1OC. The van der Waals surface area contributed by atoms with E-state index < -0.39 is 39.9 Å². The summed E-state index contributed by atoms with van der Waals surface area (Å²) in [5.41, 5.74) is -0.618. The maximum atomic E-state index is 13.4. The first kappa shape index (κ1) is 29.1. The highest BCUT2D eigenvalue weighted by Gasteiger charge is 2.34. The maximum absolute atomic E-state index is 13.4. The molecule has 3 rings (SSSR count). The molecular weight excluding hydrogens is 545 g/mol. The lowest BCUT2D eigenvalue weighted by Gasteiger charge is -2.26. The molecule has 38 heavy (non-hydrogen) atoms. The van der Waals surface area contributed by atoms with Gasteiger partial charge in [0, 0.05) is 6.54 Å². The number of aryl methyl sites for hydroxylation is 1. The van der Waals surface area contributed by atoms with Crippen LogP contribution in [0.15, 0.2) is 71.6 Å². The van der Waals surface area contributed by atoms with Crippen LogP contribution in [0.5, 0.6) is 11.5 Å². The Morgan fingerprint density at radius 1 is 0.974 bits per heavy atom. The number of rotatable bonds is 11. The fourth-order valence-electron chi connectivity index (χ4n) is 3.64. The second-order valence-corrected chi connectivity index (χ2v) is 10.4. The summed E-state index contributed by atoms with van der Waals surface area (Å²) in [5.74, 6) is 0.441. The fourth-order valence-corrected chi connectivity index (χ4v) is 5.36. The van der Waals surface area contributed by atoms with Crippen molar-refractivity contribution in [1.82, 2.24) is 5.32 Å². The zero-order chi connectivity index (χ0) is 27.9. The van der Waals surface area contributed by atoms with Crippen molar-refractivity contribution in [1.29, 1.82) is 0 Å². The molecule has 0 bridgehead atoms. The third-order valence-corrected chi connectivity index (χ3v) is 7.67. The van der Waals surface area contributed by atoms with E-state index in [9.17, 15) is 26.4 Å². The maximum Gasteiger partial charge on any atom is 0.416 e. The number of alkyl halides is 3. The minimum absolute atomic E-state index is 0.197. The minimum Gasteiger partial charge on any atom is -0.493 e. The predicted molar refractivity (Wildman–Crippen MR) is 138 cm³/mol. The third-order valence-electron chi connectivity index (χ3n) is 5.57. The van der Waals surface area contributed by atoms with Crippen LogP contribution >= 0.6 is 11.6 Å². The number of hydrogen-bond donors (Lipinski definition) is 1. The summed E-state index contributed by atoms with van der Waals surface area (Å²) in [6, 6.07) is 14.8. The lowest BCUT2D eigenvalue weighted by molar-refractivity contribution is -0.137. The van der Waals surface area contributed by atoms with Crippen molar-refractivity contribution in [3.63, 3.8) is 0 Å². The predicted octanol–water partition coefficient (Wildman–Crippen LogP) is 5.32. The number of nitrogens with one attached hydrogen (secondary N) is 1. The minimum atomic E-state index is -4.74. The molecule has 0 aromatic heterocycles. The molecule has 0 atom stereocenters. The Bertz CT molecular complexity index is 1370. The van der Waals surface area contributed by atoms with Gasteiger partial charge in [0.15, 0.2) is 11.5 Å². The molecule has 3 aromatic rings. The number of hydrogen-bond acceptors (Lipinski definition) is 5. The van der Waals surface area contributed by atoms with E-state index >= 15 is 0 Å². The number of amides is 1. The number of carbonyl (C=O) groups is 1. The molecule has 0 unspecified atom stereocenters. The zero-order valence-electron chi connectivity index (χ0n) is 20.6. The summed E-state index contributed by atoms with van der Waals surface area (Å²) in [4.78, 5) is 12.6. The van der Waals surface area contributed by atoms with E-state index in [0.29, 0.717) is 34.7 Å². The van der Waals surface area contributed by atoms with Crippen LogP contribution in [0.4, 0.5) is 18.9 Å². The number of sulfonamides is 1. The van der Waals surface area contributed by atoms with E-state index in [-0.39, 0.29) is 16.5 Å². The Labute approximate surface area is 224 Å². The third kappa shape index (κ3) is 7.11. The number of benzene rings is 3. The van der Waals surface area contributed by atoms with Crippen molar-refractivity contribution in [3.05, 3.63) is 82.9 Å². The monoisotopic (exact) mass is 570 g/mol. The summed E-state index contributed by atoms with van der Waals surface area (Å²) >= 11 is 6.13. The van der Waals surface area contributed by atoms with Gasteiger partial charge in [-0.25, -0.2) is 8.42 Å². The van der Waals surface area contributed by atoms with E-state index in [1.165, 1.54) is 38.5 Å². The lowest BCUT2D eigenvalue weighted by Crippen LogP contribution is -2.41. The first-order chi connectivity index (χ1) is 18.0. The first-order valence-corrected chi connectivity index (χ1v) is 13.2. The Morgan fingerprint density at radius 2 is 1.66 bits per heavy atom. The van der Waals surface area contributed by atoms with Gasteiger partial charge in [-0.2, -0.15) is 13.2 Å². The van der Waals surface area contributed by atoms with E-state index in [0.717, 1.165) is 17.7 Å². The molecule has 0 saturated carbocycles. The standard InChI is InChI=1S/C26H26ClF3N2O5S/c1-36-23-13-10-18(15-24(23)37-2)7-6-14-31-25(33)17-32(38(34,35)20-8-4-3-5-9-20)22-16-19(26(28,29)30)11-12-21(22)27/h3-5,8-13,15-16H,6-7,14,17H2,1-2H3,(H,31,33). The summed E-state index contributed by atoms with van der Waals surface area (Å²) in [7, 11) is -1.38. The van der Waals surface area contributed by atoms with Crippen molar-refractivity contribution in [2.24, 2.45) is 0 Å². The number of carbonyl (C=O) groups excluding carboxylic acids is 1. The summed E-state index contributed by atoms with van der Waals surface area (Å²) < 4.78 is 78.0. The lowest BCUT2D eigenvalue weighted by atomic mass is 10.1. The molecule has 0 radical (unpaired) electrons. The smallest absolute Gasteiger partial charge is 0.416 e. The van der Waals surface area contributed by atoms with Crippen LogP contribution in [0.3, 0.4) is 0 Å². The van der Waals surface area contributed by atoms with Crippen molar-refractivity contribution in [3.8, 4) is 11.5 Å². The molecule has 3 aromatic carbocycles. The molecule has 0 saturated heterocycles. The van der Waals surface area contributed by atoms with Crippen molar-refractivity contribution >= 4 is 33.2 Å². The van der Waals surface area contributed by atoms with Gasteiger partial charge in [-0.1, -0.05) is 35.9 Å². The van der Waals surface area contributed by atoms with Crippen LogP contribution in [0.1, 0.15) is 17.5 Å². The summed E-state index contributed by atoms with van der Waals surface area (Å²) in [5, 5.41) is 2.37. The molecule has 0 spiro atoms. The van der Waals surface area contributed by atoms with E-state index in [2.05, 4.69) is 5.32 Å². The molecule has 7 nitrogen and oxygen atoms in total. The number of nitrogens with zero attached hydrogens (tertiary/aromatic N) is 1. The van der Waals surface area contributed by atoms with Crippen molar-refractivity contribution in [2.75, 3.05) is 31.6 Å². The van der Waals surface area contributed by atoms with Gasteiger partial charge in [0.25, 0.3) is 10.0 Å². The molecular formula is C26H26ClF3N2O5S. The molecule has 0 heterocycles. The summed E-state index contributed by atoms with van der Waals surface area (Å²) in [6.45, 7) is -0.572. The number of halogens is 4. The zero-order valence-corrected chi connectivity index (χ0v) is 22.2. The Morgan fingerprint density at radius 3 is 2.29 bits per heavy atom. The number of methoxy groups -OCH3 is 2. The first-order valence-electron chi connectivity index (χ1n) is 11.4. The largest absolute Gasteiger partial charge is 0.493 e. The second-order valence-electron chi connectivity index (χ2n) is 8.13. The van der Waals surface area contributed by atoms with Crippen LogP contribution in [-0.4, -0.2) is 41.6 Å². The highest BCUT2D eigenvalue weighted by molar-refractivity contribution is 7.92. The van der Waals surface area contributed by atoms with Crippen LogP contribution in [-0.2, 0) is 27.4 Å². The highest BCUT2D eigenvalue weighted by Crippen LogP contribution is 2.37. The summed E-state index contributed by atoms with van der Waals surface area (Å²) in [6.07, 6.45) is -3.66. The van der Waals surface area contributed by atoms with Crippen molar-refractivity contribution < 1.29 is 35.9 Å². The van der Waals surface area contributed by atoms with Gasteiger partial charge in [0.2, 0.25) is 5.91 Å². The second kappa shape index (κ2) is 12.4. The van der Waals surface area contributed by atoms with Crippen LogP contribution < -0.4 is 19.1 Å². The Kier molecular flexibility index (Phi) is 9.50. The van der Waals surface area contributed by atoms with Crippen LogP contribution in [0, 0.1) is 0 Å². The highest BCUT2D eigenvalue weighted by atomic mass is 35.5. The van der Waals surface area contributed by atoms with Crippen LogP contribution in [0.25, 0.3) is 0 Å². The van der Waals surface area contributed by atoms with Gasteiger partial charge in [-0.15, -0.1) is 0 Å². The molecule has 0 aliphatic heterocycles. The van der Waals surface area contributed by atoms with E-state index in [1.807, 2.05) is 12.1 Å². The fraction of sp³-hybridized carbons (Fsp3) is 0.269. The van der Waals surface area contributed by atoms with Gasteiger partial charge in [0.1, 0.15) is 6.54 Å². The number of anilines is 1. The Balaban J connectivity index is 1.78. The molecule has 1 amide bonds. The van der Waals surface area contributed by atoms with E-state index in [4.69, 9.17) is 21.1 Å². The topological polar surface area (TPSA) is 84.9 Å². The average molecular weight is 571 g/mol. The normalized spacial score (nSPS) is 11.6. The van der Waals surface area contributed by atoms with Gasteiger partial charge >= 0.3 is 6.18 Å². The van der Waals surface area contributed by atoms with Gasteiger partial charge in [-0.3, -0.25) is 9.10 Å². The van der Waals surface area contributed by atoms with Gasteiger partial charge in [0.05, 0.1) is 35.4 Å².